The van der Waals surface area contributed by atoms with Gasteiger partial charge in [0.1, 0.15) is 11.3 Å². The van der Waals surface area contributed by atoms with Crippen LogP contribution in [0.3, 0.4) is 0 Å². The molecule has 0 bridgehead atoms. The van der Waals surface area contributed by atoms with Crippen LogP contribution >= 0.6 is 11.6 Å². The molecule has 0 aliphatic carbocycles. The monoisotopic (exact) mass is 570 g/mol. The Morgan fingerprint density at radius 3 is 1.95 bits per heavy atom. The standard InChI is InChI=1S/C36H27ClN2O3/c37-28-22-20-25(21-23-28)32-24-36(27-14-6-2-7-15-27)33(42-29-16-8-3-9-17-29)35(41)39(36)31-19-11-10-18-30(31)38(32)34(40)26-12-4-1-5-13-26/h1-23,32-33H,24H2/t32-,33+,36-/m1/s1. The molecule has 5 aromatic carbocycles. The number of carbonyl (C=O) groups excluding carboxylic acids is 2. The van der Waals surface area contributed by atoms with Crippen molar-refractivity contribution in [1.82, 2.24) is 0 Å². The van der Waals surface area contributed by atoms with Gasteiger partial charge < -0.3 is 4.74 Å². The first-order chi connectivity index (χ1) is 20.6. The zero-order valence-corrected chi connectivity index (χ0v) is 23.4. The van der Waals surface area contributed by atoms with Gasteiger partial charge in [0.2, 0.25) is 6.10 Å². The summed E-state index contributed by atoms with van der Waals surface area (Å²) < 4.78 is 6.53. The van der Waals surface area contributed by atoms with E-state index in [0.29, 0.717) is 34.1 Å². The van der Waals surface area contributed by atoms with Crippen molar-refractivity contribution in [2.24, 2.45) is 0 Å². The third-order valence-electron chi connectivity index (χ3n) is 8.24. The van der Waals surface area contributed by atoms with Crippen molar-refractivity contribution in [2.45, 2.75) is 24.1 Å². The van der Waals surface area contributed by atoms with Crippen molar-refractivity contribution in [3.8, 4) is 5.75 Å². The maximum absolute atomic E-state index is 14.5. The molecule has 0 saturated carbocycles. The van der Waals surface area contributed by atoms with Crippen LogP contribution in [0, 0.1) is 0 Å². The number of benzene rings is 5. The second-order valence-electron chi connectivity index (χ2n) is 10.6. The molecule has 1 saturated heterocycles. The maximum atomic E-state index is 14.5. The van der Waals surface area contributed by atoms with E-state index >= 15 is 0 Å². The number of nitrogens with zero attached hydrogens (tertiary/aromatic N) is 2. The molecule has 3 atom stereocenters. The summed E-state index contributed by atoms with van der Waals surface area (Å²) in [4.78, 5) is 32.3. The van der Waals surface area contributed by atoms with Gasteiger partial charge in [-0.3, -0.25) is 19.4 Å². The minimum Gasteiger partial charge on any atom is -0.478 e. The molecule has 2 aliphatic rings. The van der Waals surface area contributed by atoms with E-state index in [1.165, 1.54) is 0 Å². The molecule has 6 heteroatoms. The maximum Gasteiger partial charge on any atom is 0.271 e. The SMILES string of the molecule is O=C(c1ccccc1)N1c2ccccc2N2C(=O)[C@H](Oc3ccccc3)[C@]2(c2ccccc2)C[C@@H]1c1ccc(Cl)cc1. The summed E-state index contributed by atoms with van der Waals surface area (Å²) in [5.41, 5.74) is 2.84. The Bertz CT molecular complexity index is 1750. The number of rotatable bonds is 5. The lowest BCUT2D eigenvalue weighted by Gasteiger charge is -2.56. The number of amides is 2. The number of anilines is 2. The third-order valence-corrected chi connectivity index (χ3v) is 8.49. The Balaban J connectivity index is 1.48. The normalized spacial score (nSPS) is 21.0. The van der Waals surface area contributed by atoms with Crippen LogP contribution in [-0.4, -0.2) is 17.9 Å². The average molecular weight is 571 g/mol. The Morgan fingerprint density at radius 1 is 0.714 bits per heavy atom. The van der Waals surface area contributed by atoms with E-state index < -0.39 is 17.7 Å². The van der Waals surface area contributed by atoms with Gasteiger partial charge in [0.25, 0.3) is 11.8 Å². The Morgan fingerprint density at radius 2 is 1.29 bits per heavy atom. The molecule has 5 nitrogen and oxygen atoms in total. The van der Waals surface area contributed by atoms with Gasteiger partial charge in [-0.2, -0.15) is 0 Å². The second kappa shape index (κ2) is 10.5. The predicted molar refractivity (Wildman–Crippen MR) is 165 cm³/mol. The highest BCUT2D eigenvalue weighted by Crippen LogP contribution is 2.57. The molecule has 206 valence electrons. The average Bonchev–Trinajstić information content (AvgIpc) is 3.16. The van der Waals surface area contributed by atoms with E-state index in [9.17, 15) is 9.59 Å². The van der Waals surface area contributed by atoms with Crippen LogP contribution in [0.25, 0.3) is 0 Å². The summed E-state index contributed by atoms with van der Waals surface area (Å²) in [5, 5.41) is 0.609. The van der Waals surface area contributed by atoms with Crippen molar-refractivity contribution in [3.63, 3.8) is 0 Å². The molecular weight excluding hydrogens is 544 g/mol. The minimum atomic E-state index is -0.902. The number of carbonyl (C=O) groups is 2. The Kier molecular flexibility index (Phi) is 6.52. The molecule has 0 unspecified atom stereocenters. The molecule has 2 aliphatic heterocycles. The Labute approximate surface area is 249 Å². The minimum absolute atomic E-state index is 0.151. The molecule has 42 heavy (non-hydrogen) atoms. The highest BCUT2D eigenvalue weighted by Gasteiger charge is 2.66. The predicted octanol–water partition coefficient (Wildman–Crippen LogP) is 7.82. The summed E-state index contributed by atoms with van der Waals surface area (Å²) >= 11 is 6.32. The lowest BCUT2D eigenvalue weighted by Crippen LogP contribution is -2.74. The van der Waals surface area contributed by atoms with Gasteiger partial charge in [0.15, 0.2) is 0 Å². The van der Waals surface area contributed by atoms with Crippen molar-refractivity contribution in [3.05, 3.63) is 161 Å². The molecule has 2 heterocycles. The lowest BCUT2D eigenvalue weighted by molar-refractivity contribution is -0.142. The van der Waals surface area contributed by atoms with E-state index in [1.807, 2.05) is 149 Å². The van der Waals surface area contributed by atoms with Gasteiger partial charge in [-0.05, 0) is 59.7 Å². The molecule has 0 N–H and O–H groups in total. The van der Waals surface area contributed by atoms with E-state index in [4.69, 9.17) is 16.3 Å². The van der Waals surface area contributed by atoms with Gasteiger partial charge in [-0.15, -0.1) is 0 Å². The van der Waals surface area contributed by atoms with E-state index in [-0.39, 0.29) is 11.8 Å². The van der Waals surface area contributed by atoms with E-state index in [1.54, 1.807) is 0 Å². The topological polar surface area (TPSA) is 49.9 Å². The molecular formula is C36H27ClN2O3. The van der Waals surface area contributed by atoms with Crippen LogP contribution in [0.15, 0.2) is 140 Å². The zero-order valence-electron chi connectivity index (χ0n) is 22.6. The number of β-lactam (4-membered cyclic amide) rings is 1. The van der Waals surface area contributed by atoms with E-state index in [0.717, 1.165) is 11.1 Å². The number of hydrogen-bond donors (Lipinski definition) is 0. The number of halogens is 1. The van der Waals surface area contributed by atoms with Crippen LogP contribution in [0.1, 0.15) is 33.9 Å². The van der Waals surface area contributed by atoms with Crippen molar-refractivity contribution in [1.29, 1.82) is 0 Å². The van der Waals surface area contributed by atoms with Crippen LogP contribution < -0.4 is 14.5 Å². The molecule has 0 spiro atoms. The van der Waals surface area contributed by atoms with Crippen LogP contribution in [0.4, 0.5) is 11.4 Å². The van der Waals surface area contributed by atoms with Gasteiger partial charge in [-0.25, -0.2) is 0 Å². The Hall–Kier alpha value is -4.87. The van der Waals surface area contributed by atoms with Crippen molar-refractivity contribution in [2.75, 3.05) is 9.80 Å². The van der Waals surface area contributed by atoms with Crippen molar-refractivity contribution < 1.29 is 14.3 Å². The third kappa shape index (κ3) is 4.16. The quantitative estimate of drug-likeness (QED) is 0.202. The molecule has 0 radical (unpaired) electrons. The first-order valence-corrected chi connectivity index (χ1v) is 14.3. The highest BCUT2D eigenvalue weighted by atomic mass is 35.5. The van der Waals surface area contributed by atoms with Gasteiger partial charge in [0, 0.05) is 17.0 Å². The number of para-hydroxylation sites is 3. The lowest BCUT2D eigenvalue weighted by atomic mass is 9.70. The summed E-state index contributed by atoms with van der Waals surface area (Å²) in [5.74, 6) is 0.310. The smallest absolute Gasteiger partial charge is 0.271 e. The van der Waals surface area contributed by atoms with Gasteiger partial charge in [0.05, 0.1) is 17.4 Å². The highest BCUT2D eigenvalue weighted by molar-refractivity contribution is 6.30. The molecule has 0 aromatic heterocycles. The molecule has 5 aromatic rings. The van der Waals surface area contributed by atoms with Crippen LogP contribution in [0.5, 0.6) is 5.75 Å². The zero-order chi connectivity index (χ0) is 28.7. The summed E-state index contributed by atoms with van der Waals surface area (Å²) in [7, 11) is 0. The fraction of sp³-hybridized carbons (Fsp3) is 0.111. The largest absolute Gasteiger partial charge is 0.478 e. The van der Waals surface area contributed by atoms with Crippen molar-refractivity contribution >= 4 is 34.8 Å². The number of ether oxygens (including phenoxy) is 1. The molecule has 2 amide bonds. The molecule has 7 rings (SSSR count). The summed E-state index contributed by atoms with van der Waals surface area (Å²) in [6, 6.07) is 43.5. The first-order valence-electron chi connectivity index (χ1n) is 13.9. The first kappa shape index (κ1) is 26.1. The fourth-order valence-electron chi connectivity index (χ4n) is 6.34. The second-order valence-corrected chi connectivity index (χ2v) is 11.0. The number of fused-ring (bicyclic) bond motifs is 3. The summed E-state index contributed by atoms with van der Waals surface area (Å²) in [6.45, 7) is 0. The summed E-state index contributed by atoms with van der Waals surface area (Å²) in [6.07, 6.45) is -0.410. The fourth-order valence-corrected chi connectivity index (χ4v) is 6.47. The van der Waals surface area contributed by atoms with Gasteiger partial charge >= 0.3 is 0 Å². The van der Waals surface area contributed by atoms with E-state index in [2.05, 4.69) is 0 Å². The number of hydrogen-bond acceptors (Lipinski definition) is 3. The molecule has 1 fully saturated rings. The van der Waals surface area contributed by atoms with Crippen LogP contribution in [0.2, 0.25) is 5.02 Å². The van der Waals surface area contributed by atoms with Crippen LogP contribution in [-0.2, 0) is 10.3 Å². The van der Waals surface area contributed by atoms with Gasteiger partial charge in [-0.1, -0.05) is 103 Å².